The van der Waals surface area contributed by atoms with E-state index >= 15 is 0 Å². The molecule has 0 amide bonds. The van der Waals surface area contributed by atoms with Crippen molar-refractivity contribution in [3.05, 3.63) is 46.3 Å². The number of benzene rings is 1. The number of para-hydroxylation sites is 2. The molecule has 2 heterocycles. The van der Waals surface area contributed by atoms with Crippen molar-refractivity contribution in [2.75, 3.05) is 13.2 Å². The maximum absolute atomic E-state index is 10.5. The Balaban J connectivity index is 2.01. The number of imidazole rings is 2. The standard InChI is InChI=1S/C14H15N5O4/c20-6-5-18-11-4-2-1-3-9(11)17-14(18)13-15-7-10(16-13)12(21)8-19(22)23/h1-4,7,12,20-21H,5-6,8H2,(H,15,16). The molecule has 1 aromatic carbocycles. The molecule has 0 aliphatic heterocycles. The summed E-state index contributed by atoms with van der Waals surface area (Å²) in [4.78, 5) is 21.4. The number of nitro groups is 1. The summed E-state index contributed by atoms with van der Waals surface area (Å²) >= 11 is 0. The molecule has 3 N–H and O–H groups in total. The SMILES string of the molecule is O=[N+]([O-])CC(O)c1cnc(-c2nc3ccccc3n2CCO)[nH]1. The number of fused-ring (bicyclic) bond motifs is 1. The molecule has 9 nitrogen and oxygen atoms in total. The first kappa shape index (κ1) is 15.1. The molecule has 1 atom stereocenters. The number of H-pyrrole nitrogens is 1. The summed E-state index contributed by atoms with van der Waals surface area (Å²) in [5.74, 6) is 0.881. The largest absolute Gasteiger partial charge is 0.395 e. The Labute approximate surface area is 130 Å². The van der Waals surface area contributed by atoms with Crippen LogP contribution in [0.15, 0.2) is 30.5 Å². The van der Waals surface area contributed by atoms with Gasteiger partial charge in [-0.05, 0) is 12.1 Å². The van der Waals surface area contributed by atoms with Gasteiger partial charge in [-0.2, -0.15) is 0 Å². The highest BCUT2D eigenvalue weighted by molar-refractivity contribution is 5.79. The Morgan fingerprint density at radius 2 is 2.17 bits per heavy atom. The number of nitrogens with zero attached hydrogens (tertiary/aromatic N) is 4. The van der Waals surface area contributed by atoms with Gasteiger partial charge in [0.25, 0.3) is 0 Å². The van der Waals surface area contributed by atoms with Crippen LogP contribution in [0.2, 0.25) is 0 Å². The van der Waals surface area contributed by atoms with E-state index in [1.54, 1.807) is 4.57 Å². The lowest BCUT2D eigenvalue weighted by atomic mass is 10.3. The molecule has 23 heavy (non-hydrogen) atoms. The lowest BCUT2D eigenvalue weighted by Crippen LogP contribution is -2.12. The van der Waals surface area contributed by atoms with Gasteiger partial charge >= 0.3 is 0 Å². The molecule has 0 aliphatic rings. The van der Waals surface area contributed by atoms with E-state index in [1.165, 1.54) is 6.20 Å². The second-order valence-corrected chi connectivity index (χ2v) is 5.02. The highest BCUT2D eigenvalue weighted by Crippen LogP contribution is 2.23. The Bertz CT molecular complexity index is 841. The van der Waals surface area contributed by atoms with Crippen LogP contribution < -0.4 is 0 Å². The molecule has 0 bridgehead atoms. The summed E-state index contributed by atoms with van der Waals surface area (Å²) in [5, 5.41) is 29.5. The number of hydrogen-bond donors (Lipinski definition) is 3. The Hall–Kier alpha value is -2.78. The number of aromatic amines is 1. The zero-order chi connectivity index (χ0) is 16.4. The third kappa shape index (κ3) is 2.91. The van der Waals surface area contributed by atoms with Crippen LogP contribution >= 0.6 is 0 Å². The molecule has 0 fully saturated rings. The second kappa shape index (κ2) is 6.15. The van der Waals surface area contributed by atoms with Gasteiger partial charge in [-0.25, -0.2) is 9.97 Å². The zero-order valence-electron chi connectivity index (χ0n) is 12.1. The minimum absolute atomic E-state index is 0.0646. The van der Waals surface area contributed by atoms with Crippen LogP contribution in [0.3, 0.4) is 0 Å². The molecule has 0 aliphatic carbocycles. The van der Waals surface area contributed by atoms with Crippen molar-refractivity contribution in [2.45, 2.75) is 12.6 Å². The van der Waals surface area contributed by atoms with Crippen molar-refractivity contribution in [1.29, 1.82) is 0 Å². The van der Waals surface area contributed by atoms with Crippen LogP contribution in [0, 0.1) is 10.1 Å². The summed E-state index contributed by atoms with van der Waals surface area (Å²) in [7, 11) is 0. The minimum Gasteiger partial charge on any atom is -0.395 e. The van der Waals surface area contributed by atoms with Crippen LogP contribution in [-0.4, -0.2) is 47.8 Å². The molecule has 2 aromatic heterocycles. The van der Waals surface area contributed by atoms with E-state index in [0.29, 0.717) is 18.2 Å². The highest BCUT2D eigenvalue weighted by atomic mass is 16.6. The molecule has 0 spiro atoms. The second-order valence-electron chi connectivity index (χ2n) is 5.02. The lowest BCUT2D eigenvalue weighted by Gasteiger charge is -2.05. The first-order chi connectivity index (χ1) is 11.1. The maximum Gasteiger partial charge on any atom is 0.235 e. The van der Waals surface area contributed by atoms with Gasteiger partial charge in [-0.3, -0.25) is 10.1 Å². The fraction of sp³-hybridized carbons (Fsp3) is 0.286. The molecule has 0 saturated carbocycles. The first-order valence-electron chi connectivity index (χ1n) is 7.01. The molecule has 3 rings (SSSR count). The fourth-order valence-corrected chi connectivity index (χ4v) is 2.44. The maximum atomic E-state index is 10.5. The van der Waals surface area contributed by atoms with Gasteiger partial charge in [0, 0.05) is 11.5 Å². The quantitative estimate of drug-likeness (QED) is 0.454. The van der Waals surface area contributed by atoms with E-state index in [2.05, 4.69) is 15.0 Å². The zero-order valence-corrected chi connectivity index (χ0v) is 12.1. The summed E-state index contributed by atoms with van der Waals surface area (Å²) in [6, 6.07) is 7.46. The van der Waals surface area contributed by atoms with Crippen LogP contribution in [-0.2, 0) is 6.54 Å². The fourth-order valence-electron chi connectivity index (χ4n) is 2.44. The topological polar surface area (TPSA) is 130 Å². The molecular weight excluding hydrogens is 302 g/mol. The van der Waals surface area contributed by atoms with Gasteiger partial charge in [-0.15, -0.1) is 0 Å². The van der Waals surface area contributed by atoms with Crippen molar-refractivity contribution in [1.82, 2.24) is 19.5 Å². The Morgan fingerprint density at radius 1 is 1.39 bits per heavy atom. The number of hydrogen-bond acceptors (Lipinski definition) is 6. The molecule has 0 radical (unpaired) electrons. The van der Waals surface area contributed by atoms with Crippen molar-refractivity contribution in [3.8, 4) is 11.6 Å². The van der Waals surface area contributed by atoms with Gasteiger partial charge < -0.3 is 19.8 Å². The Morgan fingerprint density at radius 3 is 2.91 bits per heavy atom. The molecule has 120 valence electrons. The van der Waals surface area contributed by atoms with E-state index in [-0.39, 0.29) is 12.3 Å². The van der Waals surface area contributed by atoms with Crippen LogP contribution in [0.1, 0.15) is 11.8 Å². The average molecular weight is 317 g/mol. The number of aliphatic hydroxyl groups excluding tert-OH is 2. The summed E-state index contributed by atoms with van der Waals surface area (Å²) < 4.78 is 1.80. The van der Waals surface area contributed by atoms with Gasteiger partial charge in [0.2, 0.25) is 6.54 Å². The minimum atomic E-state index is -1.26. The van der Waals surface area contributed by atoms with Crippen molar-refractivity contribution >= 4 is 11.0 Å². The monoisotopic (exact) mass is 317 g/mol. The third-order valence-corrected chi connectivity index (χ3v) is 3.47. The number of rotatable bonds is 6. The molecule has 0 saturated heterocycles. The molecule has 3 aromatic rings. The van der Waals surface area contributed by atoms with Gasteiger partial charge in [0.15, 0.2) is 17.8 Å². The van der Waals surface area contributed by atoms with Crippen molar-refractivity contribution in [3.63, 3.8) is 0 Å². The van der Waals surface area contributed by atoms with Crippen molar-refractivity contribution < 1.29 is 15.1 Å². The van der Waals surface area contributed by atoms with E-state index in [9.17, 15) is 20.3 Å². The van der Waals surface area contributed by atoms with Gasteiger partial charge in [0.05, 0.1) is 29.5 Å². The normalized spacial score (nSPS) is 12.6. The summed E-state index contributed by atoms with van der Waals surface area (Å²) in [6.45, 7) is -0.330. The number of nitrogens with one attached hydrogen (secondary N) is 1. The number of aromatic nitrogens is 4. The predicted octanol–water partition coefficient (Wildman–Crippen LogP) is 0.729. The summed E-state index contributed by atoms with van der Waals surface area (Å²) in [6.07, 6.45) is 0.0912. The lowest BCUT2D eigenvalue weighted by molar-refractivity contribution is -0.491. The van der Waals surface area contributed by atoms with Gasteiger partial charge in [-0.1, -0.05) is 12.1 Å². The van der Waals surface area contributed by atoms with E-state index in [1.807, 2.05) is 24.3 Å². The smallest absolute Gasteiger partial charge is 0.235 e. The highest BCUT2D eigenvalue weighted by Gasteiger charge is 2.20. The first-order valence-corrected chi connectivity index (χ1v) is 7.01. The number of aliphatic hydroxyl groups is 2. The van der Waals surface area contributed by atoms with Crippen LogP contribution in [0.5, 0.6) is 0 Å². The van der Waals surface area contributed by atoms with Crippen LogP contribution in [0.4, 0.5) is 0 Å². The molecular formula is C14H15N5O4. The third-order valence-electron chi connectivity index (χ3n) is 3.47. The molecule has 1 unspecified atom stereocenters. The van der Waals surface area contributed by atoms with E-state index in [0.717, 1.165) is 11.0 Å². The van der Waals surface area contributed by atoms with Gasteiger partial charge in [0.1, 0.15) is 0 Å². The van der Waals surface area contributed by atoms with E-state index in [4.69, 9.17) is 0 Å². The average Bonchev–Trinajstić information content (AvgIpc) is 3.12. The van der Waals surface area contributed by atoms with Crippen LogP contribution in [0.25, 0.3) is 22.7 Å². The predicted molar refractivity (Wildman–Crippen MR) is 81.2 cm³/mol. The molecule has 9 heteroatoms. The summed E-state index contributed by atoms with van der Waals surface area (Å²) in [5.41, 5.74) is 1.85. The van der Waals surface area contributed by atoms with E-state index < -0.39 is 17.6 Å². The van der Waals surface area contributed by atoms with Crippen molar-refractivity contribution in [2.24, 2.45) is 0 Å². The Kier molecular flexibility index (Phi) is 4.04.